The second kappa shape index (κ2) is 5.33. The van der Waals surface area contributed by atoms with Crippen molar-refractivity contribution < 1.29 is 14.0 Å². The van der Waals surface area contributed by atoms with Gasteiger partial charge in [0.15, 0.2) is 0 Å². The van der Waals surface area contributed by atoms with E-state index in [0.717, 1.165) is 6.42 Å². The molecule has 0 radical (unpaired) electrons. The molecule has 2 aliphatic rings. The topological polar surface area (TPSA) is 49.4 Å². The van der Waals surface area contributed by atoms with Gasteiger partial charge in [-0.2, -0.15) is 0 Å². The van der Waals surface area contributed by atoms with Crippen LogP contribution in [-0.2, 0) is 16.1 Å². The Bertz CT molecular complexity index is 595. The van der Waals surface area contributed by atoms with Crippen LogP contribution in [0, 0.1) is 5.82 Å². The van der Waals surface area contributed by atoms with Gasteiger partial charge in [-0.25, -0.2) is 4.39 Å². The van der Waals surface area contributed by atoms with E-state index in [2.05, 4.69) is 5.32 Å². The zero-order valence-electron chi connectivity index (χ0n) is 11.8. The molecule has 4 nitrogen and oxygen atoms in total. The third kappa shape index (κ3) is 2.52. The Hall–Kier alpha value is -1.56. The molecule has 1 aromatic carbocycles. The van der Waals surface area contributed by atoms with Crippen LogP contribution >= 0.6 is 11.8 Å². The number of halogens is 1. The molecule has 0 bridgehead atoms. The lowest BCUT2D eigenvalue weighted by Crippen LogP contribution is -2.49. The van der Waals surface area contributed by atoms with Gasteiger partial charge in [0, 0.05) is 24.3 Å². The van der Waals surface area contributed by atoms with Gasteiger partial charge in [-0.15, -0.1) is 11.8 Å². The summed E-state index contributed by atoms with van der Waals surface area (Å²) in [6.45, 7) is 2.15. The van der Waals surface area contributed by atoms with Gasteiger partial charge < -0.3 is 10.2 Å². The predicted molar refractivity (Wildman–Crippen MR) is 79.0 cm³/mol. The summed E-state index contributed by atoms with van der Waals surface area (Å²) < 4.78 is 13.5. The summed E-state index contributed by atoms with van der Waals surface area (Å²) in [4.78, 5) is 25.7. The number of benzene rings is 1. The second-order valence-electron chi connectivity index (χ2n) is 5.57. The van der Waals surface area contributed by atoms with Crippen LogP contribution in [0.5, 0.6) is 0 Å². The first kappa shape index (κ1) is 14.4. The van der Waals surface area contributed by atoms with Gasteiger partial charge in [0.25, 0.3) is 0 Å². The standard InChI is InChI=1S/C15H17FN2O2S/c1-15-7-6-13(19)18(15)12(9-21-15)14(20)17-8-10-4-2-3-5-11(10)16/h2-5,12H,6-9H2,1H3,(H,17,20)/t12-,15+/m1/s1. The lowest BCUT2D eigenvalue weighted by atomic mass is 10.2. The minimum atomic E-state index is -0.443. The molecule has 2 heterocycles. The van der Waals surface area contributed by atoms with Gasteiger partial charge >= 0.3 is 0 Å². The van der Waals surface area contributed by atoms with Gasteiger partial charge in [0.2, 0.25) is 11.8 Å². The Morgan fingerprint density at radius 1 is 1.52 bits per heavy atom. The smallest absolute Gasteiger partial charge is 0.243 e. The van der Waals surface area contributed by atoms with E-state index in [1.54, 1.807) is 34.9 Å². The molecule has 21 heavy (non-hydrogen) atoms. The van der Waals surface area contributed by atoms with Crippen LogP contribution in [0.1, 0.15) is 25.3 Å². The number of amides is 2. The van der Waals surface area contributed by atoms with Crippen molar-refractivity contribution in [1.82, 2.24) is 10.2 Å². The number of carbonyl (C=O) groups excluding carboxylic acids is 2. The minimum Gasteiger partial charge on any atom is -0.350 e. The molecule has 0 saturated carbocycles. The maximum absolute atomic E-state index is 13.5. The highest BCUT2D eigenvalue weighted by atomic mass is 32.2. The zero-order chi connectivity index (χ0) is 15.0. The van der Waals surface area contributed by atoms with E-state index in [-0.39, 0.29) is 29.0 Å². The van der Waals surface area contributed by atoms with Gasteiger partial charge in [0.1, 0.15) is 11.9 Å². The Morgan fingerprint density at radius 3 is 3.05 bits per heavy atom. The molecule has 2 fully saturated rings. The van der Waals surface area contributed by atoms with Crippen LogP contribution in [-0.4, -0.2) is 33.4 Å². The van der Waals surface area contributed by atoms with Crippen LogP contribution in [0.4, 0.5) is 4.39 Å². The zero-order valence-corrected chi connectivity index (χ0v) is 12.6. The highest BCUT2D eigenvalue weighted by Gasteiger charge is 2.52. The monoisotopic (exact) mass is 308 g/mol. The molecule has 0 aromatic heterocycles. The molecule has 112 valence electrons. The lowest BCUT2D eigenvalue weighted by molar-refractivity contribution is -0.138. The molecule has 2 saturated heterocycles. The molecule has 3 rings (SSSR count). The fourth-order valence-electron chi connectivity index (χ4n) is 2.96. The Kier molecular flexibility index (Phi) is 3.65. The average Bonchev–Trinajstić information content (AvgIpc) is 2.95. The van der Waals surface area contributed by atoms with Gasteiger partial charge in [-0.1, -0.05) is 18.2 Å². The van der Waals surface area contributed by atoms with E-state index >= 15 is 0 Å². The number of fused-ring (bicyclic) bond motifs is 1. The van der Waals surface area contributed by atoms with E-state index in [0.29, 0.717) is 17.7 Å². The molecule has 1 N–H and O–H groups in total. The first-order valence-corrected chi connectivity index (χ1v) is 7.97. The second-order valence-corrected chi connectivity index (χ2v) is 7.08. The summed E-state index contributed by atoms with van der Waals surface area (Å²) in [5, 5.41) is 2.75. The number of hydrogen-bond acceptors (Lipinski definition) is 3. The molecule has 0 unspecified atom stereocenters. The van der Waals surface area contributed by atoms with Crippen molar-refractivity contribution in [3.05, 3.63) is 35.6 Å². The fourth-order valence-corrected chi connectivity index (χ4v) is 4.39. The third-order valence-electron chi connectivity index (χ3n) is 4.16. The summed E-state index contributed by atoms with van der Waals surface area (Å²) in [5.41, 5.74) is 0.451. The molecule has 0 spiro atoms. The number of carbonyl (C=O) groups is 2. The molecule has 0 aliphatic carbocycles. The Morgan fingerprint density at radius 2 is 2.29 bits per heavy atom. The number of thioether (sulfide) groups is 1. The summed E-state index contributed by atoms with van der Waals surface area (Å²) in [6.07, 6.45) is 1.29. The van der Waals surface area contributed by atoms with Gasteiger partial charge in [-0.3, -0.25) is 9.59 Å². The van der Waals surface area contributed by atoms with E-state index in [9.17, 15) is 14.0 Å². The number of nitrogens with zero attached hydrogens (tertiary/aromatic N) is 1. The third-order valence-corrected chi connectivity index (χ3v) is 5.66. The van der Waals surface area contributed by atoms with Crippen molar-refractivity contribution >= 4 is 23.6 Å². The van der Waals surface area contributed by atoms with Gasteiger partial charge in [-0.05, 0) is 19.4 Å². The summed E-state index contributed by atoms with van der Waals surface area (Å²) >= 11 is 1.65. The summed E-state index contributed by atoms with van der Waals surface area (Å²) in [7, 11) is 0. The van der Waals surface area contributed by atoms with E-state index in [1.807, 2.05) is 6.92 Å². The first-order valence-electron chi connectivity index (χ1n) is 6.98. The van der Waals surface area contributed by atoms with Crippen molar-refractivity contribution in [3.8, 4) is 0 Å². The minimum absolute atomic E-state index is 0.0357. The largest absolute Gasteiger partial charge is 0.350 e. The number of rotatable bonds is 3. The molecule has 1 aromatic rings. The predicted octanol–water partition coefficient (Wildman–Crippen LogP) is 1.90. The maximum Gasteiger partial charge on any atom is 0.243 e. The van der Waals surface area contributed by atoms with Crippen molar-refractivity contribution in [2.45, 2.75) is 37.2 Å². The summed E-state index contributed by atoms with van der Waals surface area (Å²) in [5.74, 6) is 0.102. The fraction of sp³-hybridized carbons (Fsp3) is 0.467. The summed E-state index contributed by atoms with van der Waals surface area (Å²) in [6, 6.07) is 5.92. The Balaban J connectivity index is 1.67. The van der Waals surface area contributed by atoms with Crippen LogP contribution in [0.3, 0.4) is 0 Å². The van der Waals surface area contributed by atoms with Crippen LogP contribution in [0.15, 0.2) is 24.3 Å². The van der Waals surface area contributed by atoms with E-state index in [4.69, 9.17) is 0 Å². The van der Waals surface area contributed by atoms with Crippen molar-refractivity contribution in [1.29, 1.82) is 0 Å². The molecule has 2 atom stereocenters. The molecule has 2 amide bonds. The number of hydrogen-bond donors (Lipinski definition) is 1. The Labute approximate surface area is 127 Å². The van der Waals surface area contributed by atoms with Crippen molar-refractivity contribution in [3.63, 3.8) is 0 Å². The molecular formula is C15H17FN2O2S. The molecule has 2 aliphatic heterocycles. The van der Waals surface area contributed by atoms with E-state index in [1.165, 1.54) is 6.07 Å². The highest BCUT2D eigenvalue weighted by molar-refractivity contribution is 8.01. The number of nitrogens with one attached hydrogen (secondary N) is 1. The highest BCUT2D eigenvalue weighted by Crippen LogP contribution is 2.47. The SMILES string of the molecule is C[C@]12CCC(=O)N1[C@@H](C(=O)NCc1ccccc1F)CS2. The average molecular weight is 308 g/mol. The van der Waals surface area contributed by atoms with Gasteiger partial charge in [0.05, 0.1) is 4.87 Å². The lowest BCUT2D eigenvalue weighted by Gasteiger charge is -2.29. The van der Waals surface area contributed by atoms with Crippen LogP contribution in [0.2, 0.25) is 0 Å². The van der Waals surface area contributed by atoms with Crippen LogP contribution in [0.25, 0.3) is 0 Å². The normalized spacial score (nSPS) is 27.8. The maximum atomic E-state index is 13.5. The molecule has 6 heteroatoms. The van der Waals surface area contributed by atoms with Crippen molar-refractivity contribution in [2.75, 3.05) is 5.75 Å². The van der Waals surface area contributed by atoms with Crippen LogP contribution < -0.4 is 5.32 Å². The van der Waals surface area contributed by atoms with Crippen molar-refractivity contribution in [2.24, 2.45) is 0 Å². The molecular weight excluding hydrogens is 291 g/mol. The van der Waals surface area contributed by atoms with E-state index < -0.39 is 6.04 Å². The first-order chi connectivity index (χ1) is 10.0. The quantitative estimate of drug-likeness (QED) is 0.928.